The number of hydrogen-bond acceptors (Lipinski definition) is 5. The van der Waals surface area contributed by atoms with E-state index in [1.165, 1.54) is 0 Å². The van der Waals surface area contributed by atoms with E-state index < -0.39 is 12.2 Å². The van der Waals surface area contributed by atoms with Crippen molar-refractivity contribution in [3.63, 3.8) is 0 Å². The van der Waals surface area contributed by atoms with Crippen LogP contribution < -0.4 is 16.2 Å². The van der Waals surface area contributed by atoms with Crippen LogP contribution in [0.2, 0.25) is 0 Å². The standard InChI is InChI=1S/C8H7F3N4O/c9-8(10,11)16-6-1-4(2-12)7(14)5(3-13)15-6/h1H,3,13-14H2. The summed E-state index contributed by atoms with van der Waals surface area (Å²) in [7, 11) is 0. The van der Waals surface area contributed by atoms with Gasteiger partial charge in [-0.25, -0.2) is 4.98 Å². The molecule has 1 heterocycles. The van der Waals surface area contributed by atoms with Crippen LogP contribution in [0.3, 0.4) is 0 Å². The lowest BCUT2D eigenvalue weighted by Gasteiger charge is -2.10. The molecule has 8 heteroatoms. The number of halogens is 3. The molecule has 0 saturated carbocycles. The molecule has 0 aromatic carbocycles. The molecule has 0 aliphatic heterocycles. The molecule has 86 valence electrons. The van der Waals surface area contributed by atoms with Crippen molar-refractivity contribution in [2.75, 3.05) is 5.73 Å². The summed E-state index contributed by atoms with van der Waals surface area (Å²) < 4.78 is 39.3. The Bertz CT molecular complexity index is 438. The van der Waals surface area contributed by atoms with E-state index in [0.29, 0.717) is 0 Å². The monoisotopic (exact) mass is 232 g/mol. The average Bonchev–Trinajstić information content (AvgIpc) is 2.18. The van der Waals surface area contributed by atoms with Crippen molar-refractivity contribution in [1.82, 2.24) is 4.98 Å². The highest BCUT2D eigenvalue weighted by molar-refractivity contribution is 5.58. The van der Waals surface area contributed by atoms with Gasteiger partial charge in [-0.2, -0.15) is 5.26 Å². The van der Waals surface area contributed by atoms with Gasteiger partial charge in [0, 0.05) is 12.6 Å². The molecule has 1 aromatic rings. The molecule has 16 heavy (non-hydrogen) atoms. The zero-order chi connectivity index (χ0) is 12.3. The van der Waals surface area contributed by atoms with E-state index >= 15 is 0 Å². The summed E-state index contributed by atoms with van der Waals surface area (Å²) in [6, 6.07) is 2.44. The van der Waals surface area contributed by atoms with E-state index in [0.717, 1.165) is 6.07 Å². The Labute approximate surface area is 88.4 Å². The topological polar surface area (TPSA) is 97.9 Å². The first-order valence-corrected chi connectivity index (χ1v) is 4.02. The normalized spacial score (nSPS) is 10.9. The number of rotatable bonds is 2. The van der Waals surface area contributed by atoms with Gasteiger partial charge in [0.05, 0.1) is 16.9 Å². The first kappa shape index (κ1) is 12.1. The van der Waals surface area contributed by atoms with Gasteiger partial charge in [0.2, 0.25) is 5.88 Å². The van der Waals surface area contributed by atoms with Gasteiger partial charge in [-0.1, -0.05) is 0 Å². The second-order valence-electron chi connectivity index (χ2n) is 2.73. The Morgan fingerprint density at radius 2 is 2.12 bits per heavy atom. The summed E-state index contributed by atoms with van der Waals surface area (Å²) >= 11 is 0. The van der Waals surface area contributed by atoms with Crippen LogP contribution in [0.5, 0.6) is 5.88 Å². The number of alkyl halides is 3. The summed E-state index contributed by atoms with van der Waals surface area (Å²) in [4.78, 5) is 3.44. The van der Waals surface area contributed by atoms with Crippen LogP contribution in [0, 0.1) is 11.3 Å². The minimum atomic E-state index is -4.87. The van der Waals surface area contributed by atoms with Crippen molar-refractivity contribution >= 4 is 5.69 Å². The Balaban J connectivity index is 3.19. The Morgan fingerprint density at radius 1 is 1.50 bits per heavy atom. The van der Waals surface area contributed by atoms with E-state index in [2.05, 4.69) is 9.72 Å². The van der Waals surface area contributed by atoms with Gasteiger partial charge in [-0.05, 0) is 0 Å². The van der Waals surface area contributed by atoms with E-state index in [-0.39, 0.29) is 23.5 Å². The van der Waals surface area contributed by atoms with E-state index in [4.69, 9.17) is 16.7 Å². The van der Waals surface area contributed by atoms with Gasteiger partial charge in [0.1, 0.15) is 6.07 Å². The SMILES string of the molecule is N#Cc1cc(OC(F)(F)F)nc(CN)c1N. The minimum Gasteiger partial charge on any atom is -0.396 e. The molecule has 0 aliphatic rings. The van der Waals surface area contributed by atoms with Gasteiger partial charge >= 0.3 is 6.36 Å². The lowest BCUT2D eigenvalue weighted by atomic mass is 10.2. The highest BCUT2D eigenvalue weighted by Gasteiger charge is 2.32. The number of hydrogen-bond donors (Lipinski definition) is 2. The van der Waals surface area contributed by atoms with Crippen LogP contribution in [-0.2, 0) is 6.54 Å². The predicted octanol–water partition coefficient (Wildman–Crippen LogP) is 0.893. The Hall–Kier alpha value is -2.01. The lowest BCUT2D eigenvalue weighted by Crippen LogP contribution is -2.19. The third-order valence-corrected chi connectivity index (χ3v) is 1.65. The smallest absolute Gasteiger partial charge is 0.396 e. The van der Waals surface area contributed by atoms with Crippen LogP contribution in [0.25, 0.3) is 0 Å². The fourth-order valence-electron chi connectivity index (χ4n) is 1.00. The highest BCUT2D eigenvalue weighted by Crippen LogP contribution is 2.25. The minimum absolute atomic E-state index is 0.0155. The second-order valence-corrected chi connectivity index (χ2v) is 2.73. The van der Waals surface area contributed by atoms with Crippen molar-refractivity contribution in [2.24, 2.45) is 5.73 Å². The molecule has 0 saturated heterocycles. The number of ether oxygens (including phenoxy) is 1. The van der Waals surface area contributed by atoms with Crippen LogP contribution in [0.15, 0.2) is 6.07 Å². The molecule has 0 aliphatic carbocycles. The number of pyridine rings is 1. The molecule has 0 bridgehead atoms. The van der Waals surface area contributed by atoms with Crippen LogP contribution in [-0.4, -0.2) is 11.3 Å². The molecule has 0 spiro atoms. The van der Waals surface area contributed by atoms with Crippen molar-refractivity contribution in [1.29, 1.82) is 5.26 Å². The van der Waals surface area contributed by atoms with Crippen LogP contribution >= 0.6 is 0 Å². The number of aromatic nitrogens is 1. The molecule has 4 N–H and O–H groups in total. The molecule has 0 amide bonds. The lowest BCUT2D eigenvalue weighted by molar-refractivity contribution is -0.276. The van der Waals surface area contributed by atoms with E-state index in [1.807, 2.05) is 0 Å². The first-order valence-electron chi connectivity index (χ1n) is 4.02. The van der Waals surface area contributed by atoms with Crippen molar-refractivity contribution in [3.8, 4) is 11.9 Å². The molecule has 0 radical (unpaired) electrons. The zero-order valence-corrected chi connectivity index (χ0v) is 7.88. The maximum absolute atomic E-state index is 11.9. The molecule has 0 atom stereocenters. The third-order valence-electron chi connectivity index (χ3n) is 1.65. The van der Waals surface area contributed by atoms with Gasteiger partial charge < -0.3 is 16.2 Å². The van der Waals surface area contributed by atoms with Gasteiger partial charge in [0.15, 0.2) is 0 Å². The number of nitrogens with zero attached hydrogens (tertiary/aromatic N) is 2. The van der Waals surface area contributed by atoms with Crippen molar-refractivity contribution < 1.29 is 17.9 Å². The van der Waals surface area contributed by atoms with E-state index in [1.54, 1.807) is 6.07 Å². The molecular weight excluding hydrogens is 225 g/mol. The molecular formula is C8H7F3N4O. The summed E-state index contributed by atoms with van der Waals surface area (Å²) in [5, 5.41) is 8.63. The van der Waals surface area contributed by atoms with Crippen molar-refractivity contribution in [2.45, 2.75) is 12.9 Å². The zero-order valence-electron chi connectivity index (χ0n) is 7.88. The van der Waals surface area contributed by atoms with E-state index in [9.17, 15) is 13.2 Å². The number of nitriles is 1. The highest BCUT2D eigenvalue weighted by atomic mass is 19.4. The summed E-state index contributed by atoms with van der Waals surface area (Å²) in [5.41, 5.74) is 10.4. The molecule has 0 unspecified atom stereocenters. The maximum atomic E-state index is 11.9. The molecule has 1 rings (SSSR count). The summed E-state index contributed by atoms with van der Waals surface area (Å²) in [6.07, 6.45) is -4.87. The summed E-state index contributed by atoms with van der Waals surface area (Å²) in [5.74, 6) is -0.751. The first-order chi connectivity index (χ1) is 7.37. The van der Waals surface area contributed by atoms with Gasteiger partial charge in [-0.15, -0.1) is 13.2 Å². The quantitative estimate of drug-likeness (QED) is 0.789. The Kier molecular flexibility index (Phi) is 3.20. The van der Waals surface area contributed by atoms with Crippen LogP contribution in [0.1, 0.15) is 11.3 Å². The number of anilines is 1. The molecule has 1 aromatic heterocycles. The Morgan fingerprint density at radius 3 is 2.56 bits per heavy atom. The number of nitrogen functional groups attached to an aromatic ring is 1. The van der Waals surface area contributed by atoms with Gasteiger partial charge in [0.25, 0.3) is 0 Å². The second kappa shape index (κ2) is 4.24. The van der Waals surface area contributed by atoms with Gasteiger partial charge in [-0.3, -0.25) is 0 Å². The fraction of sp³-hybridized carbons (Fsp3) is 0.250. The molecule has 5 nitrogen and oxygen atoms in total. The van der Waals surface area contributed by atoms with Crippen molar-refractivity contribution in [3.05, 3.63) is 17.3 Å². The van der Waals surface area contributed by atoms with Crippen LogP contribution in [0.4, 0.5) is 18.9 Å². The molecule has 0 fully saturated rings. The summed E-state index contributed by atoms with van der Waals surface area (Å²) in [6.45, 7) is -0.185. The average molecular weight is 232 g/mol. The maximum Gasteiger partial charge on any atom is 0.574 e. The fourth-order valence-corrected chi connectivity index (χ4v) is 1.00. The predicted molar refractivity (Wildman–Crippen MR) is 47.9 cm³/mol. The largest absolute Gasteiger partial charge is 0.574 e. The third kappa shape index (κ3) is 2.74. The number of nitrogens with two attached hydrogens (primary N) is 2.